The molecule has 1 rings (SSSR count). The molecule has 0 radical (unpaired) electrons. The summed E-state index contributed by atoms with van der Waals surface area (Å²) in [4.78, 5) is 2.65. The van der Waals surface area contributed by atoms with Crippen molar-refractivity contribution in [2.45, 2.75) is 66.0 Å². The number of hydrogen-bond acceptors (Lipinski definition) is 2. The van der Waals surface area contributed by atoms with E-state index in [0.29, 0.717) is 11.5 Å². The molecule has 1 aliphatic heterocycles. The standard InChI is InChI=1S/C14H30N2/c1-6-13-8-10-16(11-14(3,4)5)9-7-12(2)15-13/h12-13,15H,6-11H2,1-5H3. The van der Waals surface area contributed by atoms with E-state index >= 15 is 0 Å². The SMILES string of the molecule is CCC1CCN(CC(C)(C)C)CCC(C)N1. The van der Waals surface area contributed by atoms with Crippen LogP contribution in [0.5, 0.6) is 0 Å². The van der Waals surface area contributed by atoms with Crippen LogP contribution in [-0.2, 0) is 0 Å². The molecule has 0 spiro atoms. The minimum Gasteiger partial charge on any atom is -0.311 e. The smallest absolute Gasteiger partial charge is 0.00790 e. The molecule has 1 N–H and O–H groups in total. The summed E-state index contributed by atoms with van der Waals surface area (Å²) in [6, 6.07) is 1.39. The Balaban J connectivity index is 2.47. The van der Waals surface area contributed by atoms with Crippen LogP contribution in [0.2, 0.25) is 0 Å². The van der Waals surface area contributed by atoms with Gasteiger partial charge in [-0.3, -0.25) is 0 Å². The lowest BCUT2D eigenvalue weighted by atomic mass is 9.95. The second-order valence-electron chi connectivity index (χ2n) is 6.59. The first-order valence-corrected chi connectivity index (χ1v) is 6.89. The lowest BCUT2D eigenvalue weighted by Gasteiger charge is -2.35. The normalized spacial score (nSPS) is 29.8. The van der Waals surface area contributed by atoms with Crippen molar-refractivity contribution in [3.05, 3.63) is 0 Å². The fraction of sp³-hybridized carbons (Fsp3) is 1.00. The topological polar surface area (TPSA) is 15.3 Å². The minimum atomic E-state index is 0.428. The van der Waals surface area contributed by atoms with Crippen LogP contribution in [0.25, 0.3) is 0 Å². The molecule has 2 heteroatoms. The number of rotatable bonds is 2. The summed E-state index contributed by atoms with van der Waals surface area (Å²) in [5.41, 5.74) is 0.428. The lowest BCUT2D eigenvalue weighted by Crippen LogP contribution is -2.45. The first-order valence-electron chi connectivity index (χ1n) is 6.89. The summed E-state index contributed by atoms with van der Waals surface area (Å²) in [6.45, 7) is 15.4. The Kier molecular flexibility index (Phi) is 5.26. The van der Waals surface area contributed by atoms with Gasteiger partial charge in [-0.05, 0) is 44.7 Å². The van der Waals surface area contributed by atoms with E-state index in [0.717, 1.165) is 6.04 Å². The van der Waals surface area contributed by atoms with Crippen molar-refractivity contribution < 1.29 is 0 Å². The van der Waals surface area contributed by atoms with Gasteiger partial charge in [-0.1, -0.05) is 27.7 Å². The maximum Gasteiger partial charge on any atom is 0.00790 e. The summed E-state index contributed by atoms with van der Waals surface area (Å²) < 4.78 is 0. The molecule has 0 saturated carbocycles. The molecule has 0 bridgehead atoms. The predicted octanol–water partition coefficient (Wildman–Crippen LogP) is 2.89. The number of nitrogens with zero attached hydrogens (tertiary/aromatic N) is 1. The van der Waals surface area contributed by atoms with Gasteiger partial charge >= 0.3 is 0 Å². The zero-order valence-electron chi connectivity index (χ0n) is 11.8. The summed E-state index contributed by atoms with van der Waals surface area (Å²) in [6.07, 6.45) is 3.84. The van der Waals surface area contributed by atoms with Crippen LogP contribution in [0.4, 0.5) is 0 Å². The van der Waals surface area contributed by atoms with Gasteiger partial charge in [0.2, 0.25) is 0 Å². The van der Waals surface area contributed by atoms with Crippen molar-refractivity contribution in [3.63, 3.8) is 0 Å². The Morgan fingerprint density at radius 3 is 2.38 bits per heavy atom. The van der Waals surface area contributed by atoms with Crippen LogP contribution in [0.3, 0.4) is 0 Å². The van der Waals surface area contributed by atoms with Gasteiger partial charge in [0.1, 0.15) is 0 Å². The lowest BCUT2D eigenvalue weighted by molar-refractivity contribution is 0.159. The van der Waals surface area contributed by atoms with Gasteiger partial charge in [-0.15, -0.1) is 0 Å². The quantitative estimate of drug-likeness (QED) is 0.779. The van der Waals surface area contributed by atoms with Gasteiger partial charge in [0.25, 0.3) is 0 Å². The summed E-state index contributed by atoms with van der Waals surface area (Å²) in [7, 11) is 0. The molecule has 0 aliphatic carbocycles. The van der Waals surface area contributed by atoms with E-state index in [4.69, 9.17) is 0 Å². The highest BCUT2D eigenvalue weighted by Gasteiger charge is 2.21. The molecule has 0 aromatic heterocycles. The van der Waals surface area contributed by atoms with Gasteiger partial charge in [0.05, 0.1) is 0 Å². The monoisotopic (exact) mass is 226 g/mol. The Bertz CT molecular complexity index is 195. The van der Waals surface area contributed by atoms with Gasteiger partial charge in [-0.2, -0.15) is 0 Å². The molecule has 1 aliphatic rings. The maximum absolute atomic E-state index is 3.73. The first-order chi connectivity index (χ1) is 7.40. The van der Waals surface area contributed by atoms with Crippen molar-refractivity contribution in [2.24, 2.45) is 5.41 Å². The summed E-state index contributed by atoms with van der Waals surface area (Å²) in [5, 5.41) is 3.73. The van der Waals surface area contributed by atoms with Crippen LogP contribution in [0, 0.1) is 5.41 Å². The molecule has 96 valence electrons. The second kappa shape index (κ2) is 6.02. The Morgan fingerprint density at radius 2 is 1.81 bits per heavy atom. The van der Waals surface area contributed by atoms with Crippen molar-refractivity contribution in [1.82, 2.24) is 10.2 Å². The van der Waals surface area contributed by atoms with Crippen LogP contribution >= 0.6 is 0 Å². The zero-order chi connectivity index (χ0) is 12.2. The van der Waals surface area contributed by atoms with E-state index in [-0.39, 0.29) is 0 Å². The number of hydrogen-bond donors (Lipinski definition) is 1. The maximum atomic E-state index is 3.73. The van der Waals surface area contributed by atoms with Gasteiger partial charge < -0.3 is 10.2 Å². The van der Waals surface area contributed by atoms with Crippen molar-refractivity contribution in [1.29, 1.82) is 0 Å². The molecule has 0 aromatic rings. The summed E-state index contributed by atoms with van der Waals surface area (Å²) in [5.74, 6) is 0. The average molecular weight is 226 g/mol. The van der Waals surface area contributed by atoms with Crippen LogP contribution in [0.15, 0.2) is 0 Å². The van der Waals surface area contributed by atoms with E-state index in [1.165, 1.54) is 38.9 Å². The highest BCUT2D eigenvalue weighted by molar-refractivity contribution is 4.79. The van der Waals surface area contributed by atoms with Gasteiger partial charge in [-0.25, -0.2) is 0 Å². The molecule has 2 nitrogen and oxygen atoms in total. The first kappa shape index (κ1) is 14.0. The zero-order valence-corrected chi connectivity index (χ0v) is 11.8. The molecule has 1 heterocycles. The Hall–Kier alpha value is -0.0800. The van der Waals surface area contributed by atoms with E-state index in [9.17, 15) is 0 Å². The molecular formula is C14H30N2. The third-order valence-corrected chi connectivity index (χ3v) is 3.38. The fourth-order valence-electron chi connectivity index (χ4n) is 2.55. The molecule has 0 amide bonds. The van der Waals surface area contributed by atoms with Gasteiger partial charge in [0.15, 0.2) is 0 Å². The Labute approximate surface area is 102 Å². The largest absolute Gasteiger partial charge is 0.311 e. The Morgan fingerprint density at radius 1 is 1.19 bits per heavy atom. The molecular weight excluding hydrogens is 196 g/mol. The molecule has 2 atom stereocenters. The molecule has 0 aromatic carbocycles. The van der Waals surface area contributed by atoms with Crippen molar-refractivity contribution in [3.8, 4) is 0 Å². The summed E-state index contributed by atoms with van der Waals surface area (Å²) >= 11 is 0. The third kappa shape index (κ3) is 5.31. The molecule has 16 heavy (non-hydrogen) atoms. The second-order valence-corrected chi connectivity index (χ2v) is 6.59. The van der Waals surface area contributed by atoms with E-state index in [1.807, 2.05) is 0 Å². The van der Waals surface area contributed by atoms with Crippen LogP contribution in [-0.4, -0.2) is 36.6 Å². The molecule has 2 unspecified atom stereocenters. The molecule has 1 saturated heterocycles. The van der Waals surface area contributed by atoms with Crippen molar-refractivity contribution >= 4 is 0 Å². The van der Waals surface area contributed by atoms with E-state index < -0.39 is 0 Å². The fourth-order valence-corrected chi connectivity index (χ4v) is 2.55. The van der Waals surface area contributed by atoms with E-state index in [2.05, 4.69) is 44.8 Å². The highest BCUT2D eigenvalue weighted by atomic mass is 15.1. The van der Waals surface area contributed by atoms with Crippen LogP contribution in [0.1, 0.15) is 53.9 Å². The minimum absolute atomic E-state index is 0.428. The third-order valence-electron chi connectivity index (χ3n) is 3.38. The van der Waals surface area contributed by atoms with E-state index in [1.54, 1.807) is 0 Å². The number of nitrogens with one attached hydrogen (secondary N) is 1. The average Bonchev–Trinajstić information content (AvgIpc) is 2.15. The van der Waals surface area contributed by atoms with Crippen molar-refractivity contribution in [2.75, 3.05) is 19.6 Å². The van der Waals surface area contributed by atoms with Gasteiger partial charge in [0, 0.05) is 18.6 Å². The highest BCUT2D eigenvalue weighted by Crippen LogP contribution is 2.17. The predicted molar refractivity (Wildman–Crippen MR) is 71.8 cm³/mol. The molecule has 1 fully saturated rings. The van der Waals surface area contributed by atoms with Crippen LogP contribution < -0.4 is 5.32 Å².